The Labute approximate surface area is 276 Å². The van der Waals surface area contributed by atoms with Crippen molar-refractivity contribution >= 4 is 5.91 Å². The van der Waals surface area contributed by atoms with Gasteiger partial charge in [0.25, 0.3) is 0 Å². The molecule has 4 nitrogen and oxygen atoms in total. The second-order valence-electron chi connectivity index (χ2n) is 13.7. The van der Waals surface area contributed by atoms with E-state index >= 15 is 0 Å². The van der Waals surface area contributed by atoms with Gasteiger partial charge in [-0.1, -0.05) is 199 Å². The van der Waals surface area contributed by atoms with Crippen LogP contribution in [0, 0.1) is 0 Å². The Balaban J connectivity index is 3.53. The molecule has 0 aliphatic rings. The predicted molar refractivity (Wildman–Crippen MR) is 193 cm³/mol. The maximum Gasteiger partial charge on any atom is 0.220 e. The quantitative estimate of drug-likeness (QED) is 0.0481. The van der Waals surface area contributed by atoms with Gasteiger partial charge in [0.1, 0.15) is 0 Å². The van der Waals surface area contributed by atoms with Gasteiger partial charge in [-0.15, -0.1) is 0 Å². The Kier molecular flexibility index (Phi) is 35.9. The zero-order valence-electron chi connectivity index (χ0n) is 29.9. The number of allylic oxidation sites excluding steroid dienone is 1. The highest BCUT2D eigenvalue weighted by Gasteiger charge is 2.19. The first kappa shape index (κ1) is 43.1. The monoisotopic (exact) mass is 622 g/mol. The molecule has 0 rings (SSSR count). The molecule has 4 heteroatoms. The van der Waals surface area contributed by atoms with Gasteiger partial charge in [-0.2, -0.15) is 0 Å². The van der Waals surface area contributed by atoms with Gasteiger partial charge in [0, 0.05) is 6.42 Å². The molecular weight excluding hydrogens is 542 g/mol. The van der Waals surface area contributed by atoms with Crippen molar-refractivity contribution in [3.8, 4) is 0 Å². The average molecular weight is 622 g/mol. The highest BCUT2D eigenvalue weighted by molar-refractivity contribution is 5.76. The summed E-state index contributed by atoms with van der Waals surface area (Å²) in [6.45, 7) is 4.33. The molecule has 0 aromatic carbocycles. The van der Waals surface area contributed by atoms with Gasteiger partial charge in [0.2, 0.25) is 5.91 Å². The molecule has 0 fully saturated rings. The summed E-state index contributed by atoms with van der Waals surface area (Å²) in [5.74, 6) is -0.0515. The first-order valence-corrected chi connectivity index (χ1v) is 19.9. The third-order valence-corrected chi connectivity index (χ3v) is 9.28. The van der Waals surface area contributed by atoms with E-state index in [1.807, 2.05) is 6.08 Å². The molecule has 2 atom stereocenters. The number of hydrogen-bond donors (Lipinski definition) is 3. The summed E-state index contributed by atoms with van der Waals surface area (Å²) in [7, 11) is 0. The van der Waals surface area contributed by atoms with Crippen LogP contribution in [0.25, 0.3) is 0 Å². The summed E-state index contributed by atoms with van der Waals surface area (Å²) < 4.78 is 0. The molecule has 0 spiro atoms. The standard InChI is InChI=1S/C40H79NO3/c1-3-5-7-9-11-13-15-17-18-19-20-21-22-24-26-28-30-32-34-36-40(44)41-38(37-42)39(43)35-33-31-29-27-25-23-16-14-12-10-8-6-4-2/h31,33,38-39,42-43H,3-30,32,34-37H2,1-2H3,(H,41,44)/t38-,39+/m0/s1. The molecule has 0 heterocycles. The molecule has 0 aromatic heterocycles. The van der Waals surface area contributed by atoms with E-state index in [4.69, 9.17) is 0 Å². The summed E-state index contributed by atoms with van der Waals surface area (Å²) in [6, 6.07) is -0.579. The lowest BCUT2D eigenvalue weighted by molar-refractivity contribution is -0.123. The van der Waals surface area contributed by atoms with Crippen LogP contribution in [0.2, 0.25) is 0 Å². The molecule has 262 valence electrons. The van der Waals surface area contributed by atoms with Crippen molar-refractivity contribution in [2.45, 2.75) is 231 Å². The van der Waals surface area contributed by atoms with Gasteiger partial charge in [0.15, 0.2) is 0 Å². The van der Waals surface area contributed by atoms with E-state index in [0.717, 1.165) is 19.3 Å². The minimum atomic E-state index is -0.738. The fourth-order valence-corrected chi connectivity index (χ4v) is 6.17. The Bertz CT molecular complexity index is 593. The van der Waals surface area contributed by atoms with Gasteiger partial charge in [-0.05, 0) is 25.7 Å². The molecule has 0 saturated heterocycles. The van der Waals surface area contributed by atoms with Crippen molar-refractivity contribution in [2.75, 3.05) is 6.61 Å². The number of amides is 1. The first-order valence-electron chi connectivity index (χ1n) is 19.9. The van der Waals surface area contributed by atoms with E-state index in [1.54, 1.807) is 0 Å². The number of aliphatic hydroxyl groups excluding tert-OH is 2. The minimum absolute atomic E-state index is 0.0515. The van der Waals surface area contributed by atoms with E-state index in [1.165, 1.54) is 173 Å². The van der Waals surface area contributed by atoms with E-state index in [0.29, 0.717) is 12.8 Å². The Morgan fingerprint density at radius 1 is 0.523 bits per heavy atom. The van der Waals surface area contributed by atoms with Crippen LogP contribution in [0.1, 0.15) is 219 Å². The molecule has 0 unspecified atom stereocenters. The second-order valence-corrected chi connectivity index (χ2v) is 13.7. The van der Waals surface area contributed by atoms with Crippen LogP contribution in [-0.2, 0) is 4.79 Å². The van der Waals surface area contributed by atoms with Gasteiger partial charge >= 0.3 is 0 Å². The normalized spacial score (nSPS) is 13.1. The predicted octanol–water partition coefficient (Wildman–Crippen LogP) is 11.9. The summed E-state index contributed by atoms with van der Waals surface area (Å²) in [5.41, 5.74) is 0. The largest absolute Gasteiger partial charge is 0.394 e. The molecule has 1 amide bonds. The van der Waals surface area contributed by atoms with Gasteiger partial charge < -0.3 is 15.5 Å². The average Bonchev–Trinajstić information content (AvgIpc) is 3.03. The molecule has 0 bridgehead atoms. The lowest BCUT2D eigenvalue weighted by Crippen LogP contribution is -2.45. The van der Waals surface area contributed by atoms with Crippen LogP contribution >= 0.6 is 0 Å². The van der Waals surface area contributed by atoms with E-state index in [-0.39, 0.29) is 12.5 Å². The SMILES string of the molecule is CCCCCCCCCCCCC=CC[C@@H](O)[C@H](CO)NC(=O)CCCCCCCCCCCCCCCCCCCCC. The van der Waals surface area contributed by atoms with E-state index in [9.17, 15) is 15.0 Å². The highest BCUT2D eigenvalue weighted by atomic mass is 16.3. The smallest absolute Gasteiger partial charge is 0.220 e. The number of rotatable bonds is 36. The van der Waals surface area contributed by atoms with Crippen molar-refractivity contribution < 1.29 is 15.0 Å². The molecule has 0 aromatic rings. The summed E-state index contributed by atoms with van der Waals surface area (Å²) in [6.07, 6.45) is 44.3. The number of aliphatic hydroxyl groups is 2. The molecule has 0 aliphatic carbocycles. The number of carbonyl (C=O) groups excluding carboxylic acids is 1. The molecular formula is C40H79NO3. The fraction of sp³-hybridized carbons (Fsp3) is 0.925. The van der Waals surface area contributed by atoms with Crippen LogP contribution in [0.4, 0.5) is 0 Å². The number of unbranched alkanes of at least 4 members (excludes halogenated alkanes) is 28. The third-order valence-electron chi connectivity index (χ3n) is 9.28. The van der Waals surface area contributed by atoms with Crippen molar-refractivity contribution in [3.63, 3.8) is 0 Å². The molecule has 0 radical (unpaired) electrons. The topological polar surface area (TPSA) is 69.6 Å². The summed E-state index contributed by atoms with van der Waals surface area (Å²) in [5, 5.41) is 23.0. The highest BCUT2D eigenvalue weighted by Crippen LogP contribution is 2.15. The Hall–Kier alpha value is -0.870. The summed E-state index contributed by atoms with van der Waals surface area (Å²) >= 11 is 0. The third kappa shape index (κ3) is 32.5. The van der Waals surface area contributed by atoms with E-state index in [2.05, 4.69) is 25.2 Å². The molecule has 0 aliphatic heterocycles. The fourth-order valence-electron chi connectivity index (χ4n) is 6.17. The lowest BCUT2D eigenvalue weighted by Gasteiger charge is -2.21. The number of nitrogens with one attached hydrogen (secondary N) is 1. The first-order chi connectivity index (χ1) is 21.7. The Morgan fingerprint density at radius 3 is 1.23 bits per heavy atom. The van der Waals surface area contributed by atoms with Crippen molar-refractivity contribution in [1.29, 1.82) is 0 Å². The van der Waals surface area contributed by atoms with Gasteiger partial charge in [0.05, 0.1) is 18.8 Å². The van der Waals surface area contributed by atoms with Crippen molar-refractivity contribution in [2.24, 2.45) is 0 Å². The zero-order chi connectivity index (χ0) is 32.2. The summed E-state index contributed by atoms with van der Waals surface area (Å²) in [4.78, 5) is 12.3. The van der Waals surface area contributed by atoms with Crippen LogP contribution < -0.4 is 5.32 Å². The van der Waals surface area contributed by atoms with Crippen LogP contribution in [0.5, 0.6) is 0 Å². The van der Waals surface area contributed by atoms with Crippen molar-refractivity contribution in [1.82, 2.24) is 5.32 Å². The van der Waals surface area contributed by atoms with Gasteiger partial charge in [-0.3, -0.25) is 4.79 Å². The van der Waals surface area contributed by atoms with Crippen LogP contribution in [0.3, 0.4) is 0 Å². The molecule has 0 saturated carbocycles. The van der Waals surface area contributed by atoms with Crippen LogP contribution in [-0.4, -0.2) is 34.9 Å². The minimum Gasteiger partial charge on any atom is -0.394 e. The second kappa shape index (κ2) is 36.6. The Morgan fingerprint density at radius 2 is 0.864 bits per heavy atom. The molecule has 3 N–H and O–H groups in total. The maximum atomic E-state index is 12.3. The number of hydrogen-bond acceptors (Lipinski definition) is 3. The van der Waals surface area contributed by atoms with Crippen LogP contribution in [0.15, 0.2) is 12.2 Å². The number of carbonyl (C=O) groups is 1. The van der Waals surface area contributed by atoms with Crippen molar-refractivity contribution in [3.05, 3.63) is 12.2 Å². The zero-order valence-corrected chi connectivity index (χ0v) is 29.9. The molecule has 44 heavy (non-hydrogen) atoms. The lowest BCUT2D eigenvalue weighted by atomic mass is 10.0. The van der Waals surface area contributed by atoms with Gasteiger partial charge in [-0.25, -0.2) is 0 Å². The maximum absolute atomic E-state index is 12.3. The van der Waals surface area contributed by atoms with E-state index < -0.39 is 12.1 Å².